The van der Waals surface area contributed by atoms with Crippen molar-refractivity contribution in [3.8, 4) is 0 Å². The lowest BCUT2D eigenvalue weighted by atomic mass is 10.0. The van der Waals surface area contributed by atoms with Crippen LogP contribution >= 0.6 is 39.3 Å². The summed E-state index contributed by atoms with van der Waals surface area (Å²) in [5, 5.41) is 3.74. The number of halogens is 2. The van der Waals surface area contributed by atoms with Crippen molar-refractivity contribution >= 4 is 51.1 Å². The smallest absolute Gasteiger partial charge is 0.243 e. The molecule has 0 heterocycles. The molecule has 36 heavy (non-hydrogen) atoms. The largest absolute Gasteiger partial charge is 0.352 e. The number of thioether (sulfide) groups is 1. The van der Waals surface area contributed by atoms with E-state index < -0.39 is 6.04 Å². The Morgan fingerprint density at radius 3 is 2.33 bits per heavy atom. The molecule has 0 unspecified atom stereocenters. The van der Waals surface area contributed by atoms with Crippen molar-refractivity contribution in [2.75, 3.05) is 5.75 Å². The molecule has 2 amide bonds. The third kappa shape index (κ3) is 9.30. The average Bonchev–Trinajstić information content (AvgIpc) is 2.85. The Hall–Kier alpha value is -2.28. The first kappa shape index (κ1) is 28.3. The van der Waals surface area contributed by atoms with Crippen molar-refractivity contribution in [3.63, 3.8) is 0 Å². The van der Waals surface area contributed by atoms with Gasteiger partial charge in [-0.2, -0.15) is 0 Å². The Morgan fingerprint density at radius 2 is 1.67 bits per heavy atom. The molecule has 0 saturated carbocycles. The quantitative estimate of drug-likeness (QED) is 0.181. The van der Waals surface area contributed by atoms with Crippen LogP contribution in [0.3, 0.4) is 0 Å². The minimum atomic E-state index is -0.606. The topological polar surface area (TPSA) is 49.4 Å². The second kappa shape index (κ2) is 14.5. The van der Waals surface area contributed by atoms with Gasteiger partial charge in [0.1, 0.15) is 6.04 Å². The van der Waals surface area contributed by atoms with Gasteiger partial charge in [0.2, 0.25) is 11.8 Å². The van der Waals surface area contributed by atoms with Gasteiger partial charge in [0.25, 0.3) is 0 Å². The van der Waals surface area contributed by atoms with E-state index in [0.717, 1.165) is 26.2 Å². The van der Waals surface area contributed by atoms with Crippen LogP contribution in [0, 0.1) is 0 Å². The van der Waals surface area contributed by atoms with Crippen LogP contribution < -0.4 is 5.32 Å². The van der Waals surface area contributed by atoms with E-state index in [1.807, 2.05) is 92.7 Å². The molecule has 0 bridgehead atoms. The molecule has 0 radical (unpaired) electrons. The summed E-state index contributed by atoms with van der Waals surface area (Å²) >= 11 is 11.2. The third-order valence-corrected chi connectivity index (χ3v) is 7.40. The summed E-state index contributed by atoms with van der Waals surface area (Å²) in [6.07, 6.45) is 1.54. The minimum absolute atomic E-state index is 0.0191. The maximum absolute atomic E-state index is 13.6. The van der Waals surface area contributed by atoms with Gasteiger partial charge in [-0.3, -0.25) is 9.59 Å². The number of nitrogens with one attached hydrogen (secondary N) is 1. The SMILES string of the molecule is CC(C)NC(=O)[C@@H](Cc1ccccc1)N(Cc1cccc(Br)c1)C(=O)CCCSc1ccc(Cl)cc1. The molecule has 0 aromatic heterocycles. The van der Waals surface area contributed by atoms with Crippen molar-refractivity contribution in [3.05, 3.63) is 99.5 Å². The highest BCUT2D eigenvalue weighted by atomic mass is 79.9. The molecule has 0 aliphatic rings. The first-order valence-corrected chi connectivity index (χ1v) is 14.2. The Bertz CT molecular complexity index is 1130. The lowest BCUT2D eigenvalue weighted by Gasteiger charge is -2.32. The summed E-state index contributed by atoms with van der Waals surface area (Å²) in [5.41, 5.74) is 2.00. The van der Waals surface area contributed by atoms with Crippen LogP contribution in [0.15, 0.2) is 88.2 Å². The molecule has 3 aromatic carbocycles. The van der Waals surface area contributed by atoms with Gasteiger partial charge in [0.05, 0.1) is 0 Å². The highest BCUT2D eigenvalue weighted by Gasteiger charge is 2.30. The van der Waals surface area contributed by atoms with Crippen molar-refractivity contribution < 1.29 is 9.59 Å². The third-order valence-electron chi connectivity index (χ3n) is 5.56. The van der Waals surface area contributed by atoms with Gasteiger partial charge in [-0.25, -0.2) is 0 Å². The monoisotopic (exact) mass is 586 g/mol. The van der Waals surface area contributed by atoms with Crippen LogP contribution in [0.25, 0.3) is 0 Å². The van der Waals surface area contributed by atoms with E-state index >= 15 is 0 Å². The fourth-order valence-electron chi connectivity index (χ4n) is 3.85. The van der Waals surface area contributed by atoms with E-state index in [2.05, 4.69) is 21.2 Å². The molecule has 0 aliphatic heterocycles. The van der Waals surface area contributed by atoms with Crippen LogP contribution in [-0.4, -0.2) is 34.6 Å². The normalized spacial score (nSPS) is 11.8. The number of carbonyl (C=O) groups is 2. The first-order valence-electron chi connectivity index (χ1n) is 12.1. The van der Waals surface area contributed by atoms with Crippen LogP contribution in [0.2, 0.25) is 5.02 Å². The van der Waals surface area contributed by atoms with Crippen molar-refractivity contribution in [1.82, 2.24) is 10.2 Å². The van der Waals surface area contributed by atoms with Gasteiger partial charge in [0, 0.05) is 39.8 Å². The van der Waals surface area contributed by atoms with E-state index in [1.165, 1.54) is 0 Å². The molecular formula is C29H32BrClN2O2S. The van der Waals surface area contributed by atoms with Gasteiger partial charge in [-0.1, -0.05) is 70.0 Å². The molecule has 1 N–H and O–H groups in total. The predicted octanol–water partition coefficient (Wildman–Crippen LogP) is 7.14. The van der Waals surface area contributed by atoms with E-state index in [0.29, 0.717) is 30.8 Å². The minimum Gasteiger partial charge on any atom is -0.352 e. The molecule has 0 aliphatic carbocycles. The Morgan fingerprint density at radius 1 is 0.972 bits per heavy atom. The van der Waals surface area contributed by atoms with Crippen LogP contribution in [0.4, 0.5) is 0 Å². The average molecular weight is 588 g/mol. The highest BCUT2D eigenvalue weighted by Crippen LogP contribution is 2.23. The molecular weight excluding hydrogens is 556 g/mol. The molecule has 4 nitrogen and oxygen atoms in total. The maximum Gasteiger partial charge on any atom is 0.243 e. The molecule has 7 heteroatoms. The summed E-state index contributed by atoms with van der Waals surface area (Å²) in [7, 11) is 0. The Kier molecular flexibility index (Phi) is 11.4. The molecule has 1 atom stereocenters. The number of benzene rings is 3. The zero-order chi connectivity index (χ0) is 25.9. The standard InChI is InChI=1S/C29H32BrClN2O2S/c1-21(2)32-29(35)27(19-22-8-4-3-5-9-22)33(20-23-10-6-11-24(30)18-23)28(34)12-7-17-36-26-15-13-25(31)14-16-26/h3-6,8-11,13-16,18,21,27H,7,12,17,19-20H2,1-2H3,(H,32,35)/t27-/m1/s1. The van der Waals surface area contributed by atoms with Gasteiger partial charge >= 0.3 is 0 Å². The number of amides is 2. The molecule has 3 rings (SSSR count). The van der Waals surface area contributed by atoms with Crippen LogP contribution in [0.1, 0.15) is 37.8 Å². The van der Waals surface area contributed by atoms with E-state index in [1.54, 1.807) is 16.7 Å². The summed E-state index contributed by atoms with van der Waals surface area (Å²) in [5.74, 6) is 0.652. The van der Waals surface area contributed by atoms with Gasteiger partial charge < -0.3 is 10.2 Å². The second-order valence-corrected chi connectivity index (χ2v) is 11.4. The molecule has 0 spiro atoms. The van der Waals surface area contributed by atoms with Gasteiger partial charge in [0.15, 0.2) is 0 Å². The number of carbonyl (C=O) groups excluding carboxylic acids is 2. The fraction of sp³-hybridized carbons (Fsp3) is 0.310. The van der Waals surface area contributed by atoms with E-state index in [4.69, 9.17) is 11.6 Å². The van der Waals surface area contributed by atoms with Crippen molar-refractivity contribution in [2.24, 2.45) is 0 Å². The summed E-state index contributed by atoms with van der Waals surface area (Å²) < 4.78 is 0.943. The number of hydrogen-bond acceptors (Lipinski definition) is 3. The first-order chi connectivity index (χ1) is 17.3. The fourth-order valence-corrected chi connectivity index (χ4v) is 5.28. The number of rotatable bonds is 12. The molecule has 0 fully saturated rings. The van der Waals surface area contributed by atoms with Crippen molar-refractivity contribution in [2.45, 2.75) is 56.6 Å². The lowest BCUT2D eigenvalue weighted by Crippen LogP contribution is -2.51. The van der Waals surface area contributed by atoms with E-state index in [-0.39, 0.29) is 17.9 Å². The number of nitrogens with zero attached hydrogens (tertiary/aromatic N) is 1. The van der Waals surface area contributed by atoms with Gasteiger partial charge in [-0.05, 0) is 73.5 Å². The highest BCUT2D eigenvalue weighted by molar-refractivity contribution is 9.10. The zero-order valence-corrected chi connectivity index (χ0v) is 23.8. The summed E-state index contributed by atoms with van der Waals surface area (Å²) in [6.45, 7) is 4.24. The molecule has 0 saturated heterocycles. The molecule has 3 aromatic rings. The Balaban J connectivity index is 1.78. The van der Waals surface area contributed by atoms with Crippen LogP contribution in [-0.2, 0) is 22.6 Å². The summed E-state index contributed by atoms with van der Waals surface area (Å²) in [4.78, 5) is 29.9. The van der Waals surface area contributed by atoms with Gasteiger partial charge in [-0.15, -0.1) is 11.8 Å². The van der Waals surface area contributed by atoms with Crippen molar-refractivity contribution in [1.29, 1.82) is 0 Å². The maximum atomic E-state index is 13.6. The number of hydrogen-bond donors (Lipinski definition) is 1. The lowest BCUT2D eigenvalue weighted by molar-refractivity contribution is -0.141. The van der Waals surface area contributed by atoms with E-state index in [9.17, 15) is 9.59 Å². The summed E-state index contributed by atoms with van der Waals surface area (Å²) in [6, 6.07) is 24.9. The second-order valence-electron chi connectivity index (χ2n) is 8.93. The van der Waals surface area contributed by atoms with Crippen LogP contribution in [0.5, 0.6) is 0 Å². The Labute approximate surface area is 231 Å². The predicted molar refractivity (Wildman–Crippen MR) is 153 cm³/mol. The molecule has 190 valence electrons. The zero-order valence-electron chi connectivity index (χ0n) is 20.6.